The lowest BCUT2D eigenvalue weighted by atomic mass is 10.0. The second-order valence-electron chi connectivity index (χ2n) is 6.73. The average Bonchev–Trinajstić information content (AvgIpc) is 2.64. The first-order valence-electron chi connectivity index (χ1n) is 8.82. The Morgan fingerprint density at radius 2 is 1.83 bits per heavy atom. The molecule has 0 aliphatic rings. The highest BCUT2D eigenvalue weighted by molar-refractivity contribution is 7.99. The number of hydrogen-bond acceptors (Lipinski definition) is 3. The minimum absolute atomic E-state index is 0.0448. The Balaban J connectivity index is 1.64. The van der Waals surface area contributed by atoms with Gasteiger partial charge in [0, 0.05) is 28.6 Å². The predicted octanol–water partition coefficient (Wildman–Crippen LogP) is 5.04. The first-order chi connectivity index (χ1) is 13.6. The van der Waals surface area contributed by atoms with Gasteiger partial charge in [0.2, 0.25) is 5.91 Å². The van der Waals surface area contributed by atoms with Crippen molar-refractivity contribution in [2.45, 2.75) is 25.8 Å². The number of benzene rings is 2. The average molecular weight is 420 g/mol. The van der Waals surface area contributed by atoms with E-state index in [-0.39, 0.29) is 16.9 Å². The van der Waals surface area contributed by atoms with Gasteiger partial charge < -0.3 is 10.3 Å². The maximum atomic E-state index is 12.7. The molecular weight excluding hydrogens is 401 g/mol. The fraction of sp³-hybridized carbons (Fsp3) is 0.238. The van der Waals surface area contributed by atoms with Crippen molar-refractivity contribution in [1.82, 2.24) is 4.98 Å². The minimum Gasteiger partial charge on any atom is -0.357 e. The predicted molar refractivity (Wildman–Crippen MR) is 110 cm³/mol. The number of carbonyl (C=O) groups is 1. The van der Waals surface area contributed by atoms with E-state index < -0.39 is 17.6 Å². The molecule has 0 atom stereocenters. The van der Waals surface area contributed by atoms with Gasteiger partial charge in [0.1, 0.15) is 0 Å². The fourth-order valence-corrected chi connectivity index (χ4v) is 3.75. The largest absolute Gasteiger partial charge is 0.416 e. The molecule has 29 heavy (non-hydrogen) atoms. The van der Waals surface area contributed by atoms with E-state index in [4.69, 9.17) is 0 Å². The molecule has 1 heterocycles. The number of amides is 1. The number of alkyl halides is 3. The summed E-state index contributed by atoms with van der Waals surface area (Å²) in [6.45, 7) is 3.79. The molecule has 2 N–H and O–H groups in total. The second kappa shape index (κ2) is 8.32. The monoisotopic (exact) mass is 420 g/mol. The number of aromatic nitrogens is 1. The zero-order valence-electron chi connectivity index (χ0n) is 15.8. The van der Waals surface area contributed by atoms with Crippen molar-refractivity contribution in [3.05, 3.63) is 75.1 Å². The van der Waals surface area contributed by atoms with Gasteiger partial charge in [0.15, 0.2) is 5.43 Å². The number of H-pyrrole nitrogens is 1. The number of halogens is 3. The number of fused-ring (bicyclic) bond motifs is 1. The van der Waals surface area contributed by atoms with Crippen molar-refractivity contribution in [1.29, 1.82) is 0 Å². The summed E-state index contributed by atoms with van der Waals surface area (Å²) in [5.74, 6) is 0.0296. The van der Waals surface area contributed by atoms with Gasteiger partial charge in [-0.25, -0.2) is 0 Å². The van der Waals surface area contributed by atoms with E-state index in [0.29, 0.717) is 16.8 Å². The molecule has 0 saturated heterocycles. The highest BCUT2D eigenvalue weighted by Gasteiger charge is 2.30. The molecule has 2 aromatic carbocycles. The van der Waals surface area contributed by atoms with Gasteiger partial charge in [-0.3, -0.25) is 9.59 Å². The number of rotatable bonds is 5. The molecule has 3 rings (SSSR count). The lowest BCUT2D eigenvalue weighted by Crippen LogP contribution is -2.15. The van der Waals surface area contributed by atoms with E-state index in [0.717, 1.165) is 28.8 Å². The number of anilines is 1. The van der Waals surface area contributed by atoms with Gasteiger partial charge in [-0.1, -0.05) is 18.2 Å². The summed E-state index contributed by atoms with van der Waals surface area (Å²) in [5.41, 5.74) is 2.51. The summed E-state index contributed by atoms with van der Waals surface area (Å²) >= 11 is 1.27. The highest BCUT2D eigenvalue weighted by Crippen LogP contribution is 2.30. The number of thioether (sulfide) groups is 1. The van der Waals surface area contributed by atoms with Crippen LogP contribution in [0.15, 0.2) is 47.3 Å². The summed E-state index contributed by atoms with van der Waals surface area (Å²) in [4.78, 5) is 27.7. The van der Waals surface area contributed by atoms with Crippen LogP contribution in [0.3, 0.4) is 0 Å². The Kier molecular flexibility index (Phi) is 6.02. The number of pyridine rings is 1. The zero-order valence-corrected chi connectivity index (χ0v) is 16.6. The van der Waals surface area contributed by atoms with E-state index >= 15 is 0 Å². The van der Waals surface area contributed by atoms with E-state index in [2.05, 4.69) is 10.3 Å². The first kappa shape index (κ1) is 21.0. The number of carbonyl (C=O) groups excluding carboxylic acids is 1. The van der Waals surface area contributed by atoms with Crippen LogP contribution in [0.25, 0.3) is 10.9 Å². The van der Waals surface area contributed by atoms with Crippen LogP contribution >= 0.6 is 11.8 Å². The normalized spacial score (nSPS) is 11.6. The van der Waals surface area contributed by atoms with Crippen LogP contribution in [0.2, 0.25) is 0 Å². The molecule has 0 unspecified atom stereocenters. The number of hydrogen-bond donors (Lipinski definition) is 2. The van der Waals surface area contributed by atoms with Gasteiger partial charge in [-0.15, -0.1) is 11.8 Å². The summed E-state index contributed by atoms with van der Waals surface area (Å²) < 4.78 is 38.2. The quantitative estimate of drug-likeness (QED) is 0.608. The van der Waals surface area contributed by atoms with Crippen LogP contribution in [0, 0.1) is 13.8 Å². The van der Waals surface area contributed by atoms with Crippen LogP contribution in [-0.4, -0.2) is 16.6 Å². The number of nitrogens with one attached hydrogen (secondary N) is 2. The van der Waals surface area contributed by atoms with Crippen molar-refractivity contribution in [3.8, 4) is 0 Å². The molecule has 3 aromatic rings. The van der Waals surface area contributed by atoms with Crippen molar-refractivity contribution in [2.24, 2.45) is 0 Å². The molecule has 0 aliphatic heterocycles. The molecule has 0 fully saturated rings. The topological polar surface area (TPSA) is 62.0 Å². The number of aromatic amines is 1. The zero-order chi connectivity index (χ0) is 21.2. The van der Waals surface area contributed by atoms with Crippen molar-refractivity contribution >= 4 is 34.3 Å². The summed E-state index contributed by atoms with van der Waals surface area (Å²) in [6.07, 6.45) is -4.46. The summed E-state index contributed by atoms with van der Waals surface area (Å²) in [6, 6.07) is 9.86. The third kappa shape index (κ3) is 5.00. The summed E-state index contributed by atoms with van der Waals surface area (Å²) in [7, 11) is 0. The van der Waals surface area contributed by atoms with Crippen LogP contribution in [0.4, 0.5) is 18.9 Å². The maximum absolute atomic E-state index is 12.7. The van der Waals surface area contributed by atoms with Gasteiger partial charge in [-0.2, -0.15) is 13.2 Å². The molecule has 0 bridgehead atoms. The van der Waals surface area contributed by atoms with Crippen molar-refractivity contribution in [3.63, 3.8) is 0 Å². The Labute approximate surface area is 169 Å². The van der Waals surface area contributed by atoms with E-state index in [9.17, 15) is 22.8 Å². The molecule has 0 radical (unpaired) electrons. The molecular formula is C21H19F3N2O2S. The van der Waals surface area contributed by atoms with Gasteiger partial charge in [0.05, 0.1) is 16.8 Å². The van der Waals surface area contributed by atoms with Gasteiger partial charge in [-0.05, 0) is 43.2 Å². The van der Waals surface area contributed by atoms with Crippen molar-refractivity contribution in [2.75, 3.05) is 11.1 Å². The Bertz CT molecular complexity index is 1120. The first-order valence-corrected chi connectivity index (χ1v) is 9.97. The van der Waals surface area contributed by atoms with Crippen LogP contribution in [-0.2, 0) is 16.7 Å². The van der Waals surface area contributed by atoms with E-state index in [1.807, 2.05) is 26.0 Å². The minimum atomic E-state index is -4.46. The lowest BCUT2D eigenvalue weighted by Gasteiger charge is -2.10. The fourth-order valence-electron chi connectivity index (χ4n) is 3.02. The maximum Gasteiger partial charge on any atom is 0.416 e. The molecule has 152 valence electrons. The van der Waals surface area contributed by atoms with Crippen LogP contribution in [0.1, 0.15) is 22.4 Å². The lowest BCUT2D eigenvalue weighted by molar-refractivity contribution is -0.137. The Morgan fingerprint density at radius 3 is 2.55 bits per heavy atom. The SMILES string of the molecule is Cc1ccc(C)c2c(=O)cc(CSCC(=O)Nc3cccc(C(F)(F)F)c3)[nH]c12. The third-order valence-electron chi connectivity index (χ3n) is 4.42. The molecule has 0 aliphatic carbocycles. The molecule has 1 amide bonds. The second-order valence-corrected chi connectivity index (χ2v) is 7.71. The van der Waals surface area contributed by atoms with E-state index in [1.165, 1.54) is 30.0 Å². The van der Waals surface area contributed by atoms with Crippen molar-refractivity contribution < 1.29 is 18.0 Å². The van der Waals surface area contributed by atoms with Crippen LogP contribution in [0.5, 0.6) is 0 Å². The van der Waals surface area contributed by atoms with Crippen LogP contribution < -0.4 is 10.7 Å². The molecule has 4 nitrogen and oxygen atoms in total. The Hall–Kier alpha value is -2.74. The molecule has 0 spiro atoms. The highest BCUT2D eigenvalue weighted by atomic mass is 32.2. The van der Waals surface area contributed by atoms with E-state index in [1.54, 1.807) is 0 Å². The number of aryl methyl sites for hydroxylation is 2. The molecule has 8 heteroatoms. The van der Waals surface area contributed by atoms with Gasteiger partial charge in [0.25, 0.3) is 0 Å². The Morgan fingerprint density at radius 1 is 1.10 bits per heavy atom. The smallest absolute Gasteiger partial charge is 0.357 e. The standard InChI is InChI=1S/C21H19F3N2O2S/c1-12-6-7-13(2)20-19(12)17(27)9-16(26-20)10-29-11-18(28)25-15-5-3-4-14(8-15)21(22,23)24/h3-9H,10-11H2,1-2H3,(H,25,28)(H,26,27). The van der Waals surface area contributed by atoms with Gasteiger partial charge >= 0.3 is 6.18 Å². The molecule has 1 aromatic heterocycles. The molecule has 0 saturated carbocycles. The third-order valence-corrected chi connectivity index (χ3v) is 5.41. The summed E-state index contributed by atoms with van der Waals surface area (Å²) in [5, 5.41) is 3.12.